The molecule has 2 aromatic heterocycles. The lowest BCUT2D eigenvalue weighted by Crippen LogP contribution is -1.90. The van der Waals surface area contributed by atoms with Gasteiger partial charge in [-0.15, -0.1) is 0 Å². The fraction of sp³-hybridized carbons (Fsp3) is 0. The Bertz CT molecular complexity index is 642. The molecule has 0 aliphatic heterocycles. The van der Waals surface area contributed by atoms with E-state index in [0.717, 1.165) is 16.5 Å². The van der Waals surface area contributed by atoms with Crippen LogP contribution in [0.3, 0.4) is 0 Å². The lowest BCUT2D eigenvalue weighted by Gasteiger charge is -2.03. The molecule has 1 aromatic carbocycles. The van der Waals surface area contributed by atoms with Crippen LogP contribution >= 0.6 is 0 Å². The van der Waals surface area contributed by atoms with Gasteiger partial charge in [-0.3, -0.25) is 4.98 Å². The smallest absolute Gasteiger partial charge is 0.141 e. The van der Waals surface area contributed by atoms with Crippen LogP contribution in [0.25, 0.3) is 16.5 Å². The first-order valence-electron chi connectivity index (χ1n) is 4.96. The fourth-order valence-electron chi connectivity index (χ4n) is 1.71. The highest BCUT2D eigenvalue weighted by molar-refractivity contribution is 5.83. The summed E-state index contributed by atoms with van der Waals surface area (Å²) in [5.74, 6) is 0.523. The van der Waals surface area contributed by atoms with Gasteiger partial charge in [0.2, 0.25) is 0 Å². The Morgan fingerprint density at radius 2 is 2.06 bits per heavy atom. The van der Waals surface area contributed by atoms with Gasteiger partial charge in [0.05, 0.1) is 6.20 Å². The van der Waals surface area contributed by atoms with Crippen LogP contribution in [0.4, 0.5) is 5.82 Å². The second kappa shape index (κ2) is 3.34. The van der Waals surface area contributed by atoms with Crippen molar-refractivity contribution in [2.45, 2.75) is 0 Å². The summed E-state index contributed by atoms with van der Waals surface area (Å²) in [5, 5.41) is 2.28. The molecule has 0 aliphatic carbocycles. The Balaban J connectivity index is 2.18. The van der Waals surface area contributed by atoms with Gasteiger partial charge in [0.1, 0.15) is 12.1 Å². The molecule has 0 unspecified atom stereocenters. The number of nitrogens with two attached hydrogens (primary N) is 1. The zero-order valence-corrected chi connectivity index (χ0v) is 8.54. The summed E-state index contributed by atoms with van der Waals surface area (Å²) in [6.07, 6.45) is 7.13. The number of imidazole rings is 1. The molecular weight excluding hydrogens is 200 g/mol. The summed E-state index contributed by atoms with van der Waals surface area (Å²) in [7, 11) is 0. The van der Waals surface area contributed by atoms with Gasteiger partial charge in [0.15, 0.2) is 0 Å². The molecule has 4 heteroatoms. The standard InChI is InChI=1S/C12H10N4/c13-12-7-16(8-15-12)11-2-1-10-6-14-4-3-9(10)5-11/h1-8H,13H2. The van der Waals surface area contributed by atoms with Gasteiger partial charge < -0.3 is 10.3 Å². The number of aromatic nitrogens is 3. The zero-order valence-electron chi connectivity index (χ0n) is 8.54. The van der Waals surface area contributed by atoms with Gasteiger partial charge in [-0.1, -0.05) is 6.07 Å². The minimum Gasteiger partial charge on any atom is -0.382 e. The van der Waals surface area contributed by atoms with Crippen molar-refractivity contribution in [3.63, 3.8) is 0 Å². The summed E-state index contributed by atoms with van der Waals surface area (Å²) in [6.45, 7) is 0. The fourth-order valence-corrected chi connectivity index (χ4v) is 1.71. The molecule has 2 heterocycles. The van der Waals surface area contributed by atoms with Crippen molar-refractivity contribution in [1.29, 1.82) is 0 Å². The van der Waals surface area contributed by atoms with E-state index in [-0.39, 0.29) is 0 Å². The molecule has 0 saturated heterocycles. The summed E-state index contributed by atoms with van der Waals surface area (Å²) in [6, 6.07) is 8.12. The van der Waals surface area contributed by atoms with Gasteiger partial charge in [-0.2, -0.15) is 0 Å². The predicted molar refractivity (Wildman–Crippen MR) is 63.3 cm³/mol. The van der Waals surface area contributed by atoms with E-state index in [0.29, 0.717) is 5.82 Å². The summed E-state index contributed by atoms with van der Waals surface area (Å²) >= 11 is 0. The Kier molecular flexibility index (Phi) is 1.86. The number of nitrogens with zero attached hydrogens (tertiary/aromatic N) is 3. The first-order chi connectivity index (χ1) is 7.83. The monoisotopic (exact) mass is 210 g/mol. The quantitative estimate of drug-likeness (QED) is 0.668. The van der Waals surface area contributed by atoms with E-state index in [1.807, 2.05) is 29.0 Å². The van der Waals surface area contributed by atoms with Crippen LogP contribution in [0.15, 0.2) is 49.2 Å². The molecule has 0 radical (unpaired) electrons. The number of hydrogen-bond acceptors (Lipinski definition) is 3. The lowest BCUT2D eigenvalue weighted by atomic mass is 10.1. The van der Waals surface area contributed by atoms with Gasteiger partial charge in [0.25, 0.3) is 0 Å². The molecule has 0 amide bonds. The molecule has 2 N–H and O–H groups in total. The Labute approximate surface area is 92.4 Å². The van der Waals surface area contributed by atoms with Gasteiger partial charge in [-0.25, -0.2) is 4.98 Å². The second-order valence-electron chi connectivity index (χ2n) is 3.61. The van der Waals surface area contributed by atoms with E-state index in [9.17, 15) is 0 Å². The minimum absolute atomic E-state index is 0.523. The predicted octanol–water partition coefficient (Wildman–Crippen LogP) is 2.00. The second-order valence-corrected chi connectivity index (χ2v) is 3.61. The third kappa shape index (κ3) is 1.40. The molecule has 0 bridgehead atoms. The average Bonchev–Trinajstić information content (AvgIpc) is 2.75. The highest BCUT2D eigenvalue weighted by atomic mass is 15.1. The maximum absolute atomic E-state index is 5.59. The Morgan fingerprint density at radius 3 is 2.88 bits per heavy atom. The number of pyridine rings is 1. The van der Waals surface area contributed by atoms with Crippen molar-refractivity contribution >= 4 is 16.6 Å². The Hall–Kier alpha value is -2.36. The lowest BCUT2D eigenvalue weighted by molar-refractivity contribution is 1.06. The largest absolute Gasteiger partial charge is 0.382 e. The number of nitrogen functional groups attached to an aromatic ring is 1. The van der Waals surface area contributed by atoms with E-state index in [1.54, 1.807) is 18.7 Å². The molecule has 78 valence electrons. The summed E-state index contributed by atoms with van der Waals surface area (Å²) < 4.78 is 1.90. The number of fused-ring (bicyclic) bond motifs is 1. The maximum Gasteiger partial charge on any atom is 0.141 e. The maximum atomic E-state index is 5.59. The van der Waals surface area contributed by atoms with Crippen LogP contribution in [-0.4, -0.2) is 14.5 Å². The molecule has 0 atom stereocenters. The normalized spacial score (nSPS) is 10.8. The molecule has 0 saturated carbocycles. The van der Waals surface area contributed by atoms with Gasteiger partial charge >= 0.3 is 0 Å². The van der Waals surface area contributed by atoms with Crippen LogP contribution in [0.1, 0.15) is 0 Å². The number of benzene rings is 1. The number of hydrogen-bond donors (Lipinski definition) is 1. The van der Waals surface area contributed by atoms with Crippen LogP contribution in [0, 0.1) is 0 Å². The van der Waals surface area contributed by atoms with Crippen molar-refractivity contribution < 1.29 is 0 Å². The topological polar surface area (TPSA) is 56.7 Å². The molecule has 3 aromatic rings. The SMILES string of the molecule is Nc1cn(-c2ccc3cnccc3c2)cn1. The first-order valence-corrected chi connectivity index (χ1v) is 4.96. The van der Waals surface area contributed by atoms with E-state index >= 15 is 0 Å². The van der Waals surface area contributed by atoms with E-state index < -0.39 is 0 Å². The number of anilines is 1. The summed E-state index contributed by atoms with van der Waals surface area (Å²) in [5.41, 5.74) is 6.63. The highest BCUT2D eigenvalue weighted by Gasteiger charge is 1.99. The third-order valence-corrected chi connectivity index (χ3v) is 2.52. The van der Waals surface area contributed by atoms with Crippen LogP contribution in [0.2, 0.25) is 0 Å². The minimum atomic E-state index is 0.523. The van der Waals surface area contributed by atoms with Gasteiger partial charge in [-0.05, 0) is 23.6 Å². The van der Waals surface area contributed by atoms with Crippen LogP contribution < -0.4 is 5.73 Å². The van der Waals surface area contributed by atoms with Crippen LogP contribution in [0.5, 0.6) is 0 Å². The molecule has 16 heavy (non-hydrogen) atoms. The molecule has 4 nitrogen and oxygen atoms in total. The zero-order chi connectivity index (χ0) is 11.0. The first kappa shape index (κ1) is 8.91. The van der Waals surface area contributed by atoms with E-state index in [1.165, 1.54) is 0 Å². The van der Waals surface area contributed by atoms with E-state index in [2.05, 4.69) is 16.0 Å². The van der Waals surface area contributed by atoms with E-state index in [4.69, 9.17) is 5.73 Å². The van der Waals surface area contributed by atoms with Crippen molar-refractivity contribution in [2.24, 2.45) is 0 Å². The molecular formula is C12H10N4. The molecule has 0 fully saturated rings. The molecule has 0 spiro atoms. The molecule has 3 rings (SSSR count). The van der Waals surface area contributed by atoms with Crippen molar-refractivity contribution in [2.75, 3.05) is 5.73 Å². The average molecular weight is 210 g/mol. The van der Waals surface area contributed by atoms with Crippen LogP contribution in [-0.2, 0) is 0 Å². The highest BCUT2D eigenvalue weighted by Crippen LogP contribution is 2.17. The van der Waals surface area contributed by atoms with Crippen molar-refractivity contribution in [3.05, 3.63) is 49.2 Å². The van der Waals surface area contributed by atoms with Crippen molar-refractivity contribution in [1.82, 2.24) is 14.5 Å². The third-order valence-electron chi connectivity index (χ3n) is 2.52. The Morgan fingerprint density at radius 1 is 1.12 bits per heavy atom. The van der Waals surface area contributed by atoms with Gasteiger partial charge in [0, 0.05) is 23.5 Å². The molecule has 0 aliphatic rings. The summed E-state index contributed by atoms with van der Waals surface area (Å²) in [4.78, 5) is 8.08. The number of rotatable bonds is 1. The van der Waals surface area contributed by atoms with Crippen molar-refractivity contribution in [3.8, 4) is 5.69 Å².